The average Bonchev–Trinajstić information content (AvgIpc) is 3.32. The number of halogens is 2. The third-order valence-electron chi connectivity index (χ3n) is 5.64. The lowest BCUT2D eigenvalue weighted by molar-refractivity contribution is 0.199. The van der Waals surface area contributed by atoms with E-state index in [1.165, 1.54) is 29.3 Å². The molecule has 1 amide bonds. The minimum Gasteiger partial charge on any atom is -0.389 e. The number of aliphatic hydroxyl groups excluding tert-OH is 1. The van der Waals surface area contributed by atoms with Crippen LogP contribution in [0.1, 0.15) is 48.4 Å². The van der Waals surface area contributed by atoms with E-state index < -0.39 is 17.7 Å². The highest BCUT2D eigenvalue weighted by atomic mass is 19.1. The van der Waals surface area contributed by atoms with Crippen LogP contribution in [0.2, 0.25) is 0 Å². The fourth-order valence-electron chi connectivity index (χ4n) is 3.92. The van der Waals surface area contributed by atoms with E-state index in [4.69, 9.17) is 0 Å². The summed E-state index contributed by atoms with van der Waals surface area (Å²) < 4.78 is 31.6. The molecule has 1 atom stereocenters. The SMILES string of the molecule is C[C@@H](O)c1cc(F)cc(F)c1-c1nn(C)cc1Cc1cc(CC2CC2)nn1C(=O)N(C)C. The van der Waals surface area contributed by atoms with E-state index in [-0.39, 0.29) is 23.6 Å². The first-order valence-corrected chi connectivity index (χ1v) is 10.6. The van der Waals surface area contributed by atoms with Crippen LogP contribution in [0.4, 0.5) is 13.6 Å². The lowest BCUT2D eigenvalue weighted by Crippen LogP contribution is -2.29. The summed E-state index contributed by atoms with van der Waals surface area (Å²) in [4.78, 5) is 14.2. The zero-order chi connectivity index (χ0) is 23.2. The number of aryl methyl sites for hydroxylation is 1. The Balaban J connectivity index is 1.78. The topological polar surface area (TPSA) is 76.2 Å². The maximum absolute atomic E-state index is 14.9. The van der Waals surface area contributed by atoms with Crippen molar-refractivity contribution in [2.75, 3.05) is 14.1 Å². The van der Waals surface area contributed by atoms with Gasteiger partial charge in [-0.1, -0.05) is 0 Å². The average molecular weight is 443 g/mol. The predicted octanol–water partition coefficient (Wildman–Crippen LogP) is 3.69. The number of hydrogen-bond donors (Lipinski definition) is 1. The highest BCUT2D eigenvalue weighted by Gasteiger charge is 2.26. The Kier molecular flexibility index (Phi) is 5.85. The number of carbonyl (C=O) groups excluding carboxylic acids is 1. The van der Waals surface area contributed by atoms with Crippen LogP contribution in [-0.2, 0) is 19.9 Å². The van der Waals surface area contributed by atoms with Gasteiger partial charge in [-0.05, 0) is 49.8 Å². The van der Waals surface area contributed by atoms with Crippen LogP contribution in [0.3, 0.4) is 0 Å². The molecule has 1 fully saturated rings. The van der Waals surface area contributed by atoms with Crippen molar-refractivity contribution in [2.24, 2.45) is 13.0 Å². The van der Waals surface area contributed by atoms with Crippen molar-refractivity contribution < 1.29 is 18.7 Å². The number of carbonyl (C=O) groups is 1. The molecule has 1 saturated carbocycles. The van der Waals surface area contributed by atoms with Gasteiger partial charge in [0.1, 0.15) is 11.6 Å². The largest absolute Gasteiger partial charge is 0.389 e. The lowest BCUT2D eigenvalue weighted by atomic mass is 9.96. The lowest BCUT2D eigenvalue weighted by Gasteiger charge is -2.14. The molecule has 1 aliphatic carbocycles. The third kappa shape index (κ3) is 4.43. The van der Waals surface area contributed by atoms with E-state index in [1.807, 2.05) is 6.07 Å². The number of nitrogens with zero attached hydrogens (tertiary/aromatic N) is 5. The summed E-state index contributed by atoms with van der Waals surface area (Å²) in [5, 5.41) is 19.1. The van der Waals surface area contributed by atoms with Crippen molar-refractivity contribution in [2.45, 2.75) is 38.7 Å². The van der Waals surface area contributed by atoms with Crippen molar-refractivity contribution >= 4 is 6.03 Å². The molecule has 2 aromatic heterocycles. The first-order valence-electron chi connectivity index (χ1n) is 10.6. The summed E-state index contributed by atoms with van der Waals surface area (Å²) in [6.07, 6.45) is 4.08. The Labute approximate surface area is 185 Å². The second kappa shape index (κ2) is 8.46. The molecule has 0 bridgehead atoms. The molecule has 32 heavy (non-hydrogen) atoms. The minimum absolute atomic E-state index is 0.0557. The zero-order valence-electron chi connectivity index (χ0n) is 18.6. The number of aliphatic hydroxyl groups is 1. The van der Waals surface area contributed by atoms with Gasteiger partial charge in [-0.3, -0.25) is 4.68 Å². The maximum atomic E-state index is 14.9. The molecule has 170 valence electrons. The van der Waals surface area contributed by atoms with Crippen LogP contribution in [0.5, 0.6) is 0 Å². The number of hydrogen-bond acceptors (Lipinski definition) is 4. The maximum Gasteiger partial charge on any atom is 0.344 e. The van der Waals surface area contributed by atoms with Gasteiger partial charge >= 0.3 is 6.03 Å². The van der Waals surface area contributed by atoms with Gasteiger partial charge in [0, 0.05) is 51.0 Å². The van der Waals surface area contributed by atoms with Gasteiger partial charge in [0.2, 0.25) is 0 Å². The van der Waals surface area contributed by atoms with Gasteiger partial charge in [-0.15, -0.1) is 0 Å². The second-order valence-corrected chi connectivity index (χ2v) is 8.74. The number of amides is 1. The Hall–Kier alpha value is -3.07. The normalized spacial score (nSPS) is 14.6. The Bertz CT molecular complexity index is 1160. The van der Waals surface area contributed by atoms with Crippen LogP contribution < -0.4 is 0 Å². The van der Waals surface area contributed by atoms with Gasteiger partial charge in [0.05, 0.1) is 23.2 Å². The molecule has 0 radical (unpaired) electrons. The van der Waals surface area contributed by atoms with Crippen molar-refractivity contribution in [3.8, 4) is 11.3 Å². The summed E-state index contributed by atoms with van der Waals surface area (Å²) in [5.41, 5.74) is 2.63. The van der Waals surface area contributed by atoms with Crippen LogP contribution in [0.25, 0.3) is 11.3 Å². The van der Waals surface area contributed by atoms with Crippen LogP contribution >= 0.6 is 0 Å². The molecule has 7 nitrogen and oxygen atoms in total. The van der Waals surface area contributed by atoms with Gasteiger partial charge in [0.25, 0.3) is 0 Å². The van der Waals surface area contributed by atoms with Crippen LogP contribution in [0, 0.1) is 17.6 Å². The minimum atomic E-state index is -1.09. The number of aromatic nitrogens is 4. The standard InChI is InChI=1S/C23H27F2N5O2/c1-13(31)19-9-16(24)10-20(25)21(19)22-15(12-29(4)27-22)8-18-11-17(7-14-5-6-14)26-30(18)23(32)28(2)3/h9-14,31H,5-8H2,1-4H3/t13-/m1/s1. The monoisotopic (exact) mass is 443 g/mol. The van der Waals surface area contributed by atoms with E-state index in [0.717, 1.165) is 24.2 Å². The Morgan fingerprint density at radius 1 is 1.25 bits per heavy atom. The third-order valence-corrected chi connectivity index (χ3v) is 5.64. The molecular weight excluding hydrogens is 416 g/mol. The predicted molar refractivity (Wildman–Crippen MR) is 115 cm³/mol. The van der Waals surface area contributed by atoms with E-state index in [2.05, 4.69) is 10.2 Å². The summed E-state index contributed by atoms with van der Waals surface area (Å²) >= 11 is 0. The molecule has 3 aromatic rings. The quantitative estimate of drug-likeness (QED) is 0.631. The van der Waals surface area contributed by atoms with Crippen LogP contribution in [0.15, 0.2) is 24.4 Å². The van der Waals surface area contributed by atoms with Crippen molar-refractivity contribution in [3.63, 3.8) is 0 Å². The molecule has 0 aliphatic heterocycles. The smallest absolute Gasteiger partial charge is 0.344 e. The summed E-state index contributed by atoms with van der Waals surface area (Å²) in [5.74, 6) is -0.955. The molecule has 4 rings (SSSR count). The van der Waals surface area contributed by atoms with Crippen molar-refractivity contribution in [1.82, 2.24) is 24.5 Å². The zero-order valence-corrected chi connectivity index (χ0v) is 18.6. The highest BCUT2D eigenvalue weighted by Crippen LogP contribution is 2.35. The first-order chi connectivity index (χ1) is 15.1. The number of benzene rings is 1. The second-order valence-electron chi connectivity index (χ2n) is 8.74. The van der Waals surface area contributed by atoms with E-state index in [0.29, 0.717) is 22.9 Å². The Morgan fingerprint density at radius 3 is 2.59 bits per heavy atom. The molecule has 9 heteroatoms. The van der Waals surface area contributed by atoms with Crippen LogP contribution in [-0.4, -0.2) is 49.7 Å². The summed E-state index contributed by atoms with van der Waals surface area (Å²) in [6, 6.07) is 3.54. The fourth-order valence-corrected chi connectivity index (χ4v) is 3.92. The molecule has 1 N–H and O–H groups in total. The van der Waals surface area contributed by atoms with E-state index in [9.17, 15) is 18.7 Å². The molecule has 0 saturated heterocycles. The highest BCUT2D eigenvalue weighted by molar-refractivity contribution is 5.76. The van der Waals surface area contributed by atoms with Crippen molar-refractivity contribution in [3.05, 3.63) is 58.5 Å². The summed E-state index contributed by atoms with van der Waals surface area (Å²) in [7, 11) is 5.02. The first kappa shape index (κ1) is 22.1. The van der Waals surface area contributed by atoms with E-state index >= 15 is 0 Å². The van der Waals surface area contributed by atoms with E-state index in [1.54, 1.807) is 32.0 Å². The Morgan fingerprint density at radius 2 is 1.97 bits per heavy atom. The van der Waals surface area contributed by atoms with Crippen molar-refractivity contribution in [1.29, 1.82) is 0 Å². The molecule has 0 unspecified atom stereocenters. The van der Waals surface area contributed by atoms with Gasteiger partial charge in [0.15, 0.2) is 0 Å². The molecule has 1 aliphatic rings. The number of rotatable bonds is 6. The summed E-state index contributed by atoms with van der Waals surface area (Å²) in [6.45, 7) is 1.45. The molecular formula is C23H27F2N5O2. The molecule has 0 spiro atoms. The van der Waals surface area contributed by atoms with Gasteiger partial charge < -0.3 is 10.0 Å². The molecule has 2 heterocycles. The van der Waals surface area contributed by atoms with Gasteiger partial charge in [-0.2, -0.15) is 14.9 Å². The van der Waals surface area contributed by atoms with Gasteiger partial charge in [-0.25, -0.2) is 13.6 Å². The fraction of sp³-hybridized carbons (Fsp3) is 0.435. The molecule has 1 aromatic carbocycles.